The first kappa shape index (κ1) is 25.8. The highest BCUT2D eigenvalue weighted by molar-refractivity contribution is 9.10. The Hall–Kier alpha value is -1.43. The van der Waals surface area contributed by atoms with Crippen LogP contribution in [-0.4, -0.2) is 26.5 Å². The molecule has 2 aromatic rings. The Morgan fingerprint density at radius 1 is 0.968 bits per heavy atom. The molecule has 0 bridgehead atoms. The molecule has 0 amide bonds. The van der Waals surface area contributed by atoms with Crippen molar-refractivity contribution < 1.29 is 31.1 Å². The molecule has 31 heavy (non-hydrogen) atoms. The van der Waals surface area contributed by atoms with Crippen LogP contribution in [0.15, 0.2) is 55.1 Å². The first-order chi connectivity index (χ1) is 14.1. The number of benzene rings is 2. The summed E-state index contributed by atoms with van der Waals surface area (Å²) in [7, 11) is -4.23. The van der Waals surface area contributed by atoms with Gasteiger partial charge in [0.1, 0.15) is 5.60 Å². The first-order valence-corrected chi connectivity index (χ1v) is 12.0. The normalized spacial score (nSPS) is 12.6. The smallest absolute Gasteiger partial charge is 0.416 e. The van der Waals surface area contributed by atoms with E-state index in [1.165, 1.54) is 12.1 Å². The number of hydrogen-bond acceptors (Lipinski definition) is 5. The molecule has 0 fully saturated rings. The maximum absolute atomic E-state index is 13.1. The van der Waals surface area contributed by atoms with Gasteiger partial charge >= 0.3 is 12.1 Å². The van der Waals surface area contributed by atoms with Crippen LogP contribution in [0.3, 0.4) is 0 Å². The molecule has 0 aliphatic carbocycles. The van der Waals surface area contributed by atoms with Gasteiger partial charge in [0.05, 0.1) is 21.9 Å². The average Bonchev–Trinajstić information content (AvgIpc) is 2.58. The maximum atomic E-state index is 13.1. The highest BCUT2D eigenvalue weighted by Gasteiger charge is 2.33. The number of halogens is 5. The summed E-state index contributed by atoms with van der Waals surface area (Å²) < 4.78 is 70.9. The molecule has 170 valence electrons. The Morgan fingerprint density at radius 2 is 1.52 bits per heavy atom. The standard InChI is InChI=1S/C20H20Br2F3NO4S/c1-19(2,3)30-18(27)11-26-10-12-4-14(21)8-16(5-12)31(28,29)17-7-13(20(23,24)25)6-15(22)9-17/h4-9,26H,10-11H2,1-3H3. The van der Waals surface area contributed by atoms with Crippen molar-refractivity contribution >= 4 is 47.7 Å². The Labute approximate surface area is 195 Å². The molecule has 0 aliphatic heterocycles. The molecule has 0 aliphatic rings. The van der Waals surface area contributed by atoms with Gasteiger partial charge in [-0.3, -0.25) is 4.79 Å². The fourth-order valence-electron chi connectivity index (χ4n) is 2.58. The first-order valence-electron chi connectivity index (χ1n) is 8.93. The fraction of sp³-hybridized carbons (Fsp3) is 0.350. The van der Waals surface area contributed by atoms with E-state index in [2.05, 4.69) is 37.2 Å². The van der Waals surface area contributed by atoms with Gasteiger partial charge in [-0.1, -0.05) is 31.9 Å². The molecular weight excluding hydrogens is 567 g/mol. The van der Waals surface area contributed by atoms with Gasteiger partial charge in [0.2, 0.25) is 9.84 Å². The summed E-state index contributed by atoms with van der Waals surface area (Å²) in [5.74, 6) is -0.468. The second-order valence-corrected chi connectivity index (χ2v) is 11.4. The summed E-state index contributed by atoms with van der Waals surface area (Å²) in [5.41, 5.74) is -1.19. The SMILES string of the molecule is CC(C)(C)OC(=O)CNCc1cc(Br)cc(S(=O)(=O)c2cc(Br)cc(C(F)(F)F)c2)c1. The van der Waals surface area contributed by atoms with Gasteiger partial charge in [-0.2, -0.15) is 13.2 Å². The molecule has 1 N–H and O–H groups in total. The van der Waals surface area contributed by atoms with Crippen molar-refractivity contribution in [2.24, 2.45) is 0 Å². The summed E-state index contributed by atoms with van der Waals surface area (Å²) in [4.78, 5) is 11.1. The molecule has 0 heterocycles. The second-order valence-electron chi connectivity index (χ2n) is 7.66. The minimum Gasteiger partial charge on any atom is -0.459 e. The Morgan fingerprint density at radius 3 is 2.06 bits per heavy atom. The van der Waals surface area contributed by atoms with E-state index in [-0.39, 0.29) is 22.5 Å². The summed E-state index contributed by atoms with van der Waals surface area (Å²) >= 11 is 6.17. The number of sulfone groups is 1. The number of esters is 1. The fourth-order valence-corrected chi connectivity index (χ4v) is 5.34. The van der Waals surface area contributed by atoms with Crippen LogP contribution in [0.2, 0.25) is 0 Å². The Bertz CT molecular complexity index is 1080. The van der Waals surface area contributed by atoms with E-state index in [9.17, 15) is 26.4 Å². The lowest BCUT2D eigenvalue weighted by atomic mass is 10.2. The van der Waals surface area contributed by atoms with Gasteiger partial charge in [0.15, 0.2) is 0 Å². The second kappa shape index (κ2) is 9.60. The van der Waals surface area contributed by atoms with Gasteiger partial charge in [-0.15, -0.1) is 0 Å². The van der Waals surface area contributed by atoms with Crippen molar-refractivity contribution in [1.82, 2.24) is 5.32 Å². The molecule has 2 rings (SSSR count). The molecular formula is C20H20Br2F3NO4S. The molecule has 0 spiro atoms. The molecule has 0 aromatic heterocycles. The highest BCUT2D eigenvalue weighted by Crippen LogP contribution is 2.35. The number of carbonyl (C=O) groups is 1. The van der Waals surface area contributed by atoms with Crippen LogP contribution in [0.5, 0.6) is 0 Å². The molecule has 0 saturated carbocycles. The predicted molar refractivity (Wildman–Crippen MR) is 116 cm³/mol. The largest absolute Gasteiger partial charge is 0.459 e. The van der Waals surface area contributed by atoms with E-state index >= 15 is 0 Å². The zero-order valence-electron chi connectivity index (χ0n) is 16.8. The minimum absolute atomic E-state index is 0.00449. The van der Waals surface area contributed by atoms with E-state index in [1.54, 1.807) is 26.8 Å². The van der Waals surface area contributed by atoms with Crippen LogP contribution >= 0.6 is 31.9 Å². The third-order valence-electron chi connectivity index (χ3n) is 3.77. The van der Waals surface area contributed by atoms with Crippen molar-refractivity contribution in [3.8, 4) is 0 Å². The number of nitrogens with one attached hydrogen (secondary N) is 1. The number of rotatable bonds is 6. The van der Waals surface area contributed by atoms with E-state index in [1.807, 2.05) is 0 Å². The molecule has 0 unspecified atom stereocenters. The van der Waals surface area contributed by atoms with Gasteiger partial charge in [0, 0.05) is 15.5 Å². The predicted octanol–water partition coefficient (Wildman–Crippen LogP) is 5.49. The van der Waals surface area contributed by atoms with Crippen molar-refractivity contribution in [1.29, 1.82) is 0 Å². The zero-order chi connectivity index (χ0) is 23.6. The molecule has 2 aromatic carbocycles. The molecule has 5 nitrogen and oxygen atoms in total. The van der Waals surface area contributed by atoms with Crippen LogP contribution in [0.4, 0.5) is 13.2 Å². The Kier molecular flexibility index (Phi) is 8.00. The van der Waals surface area contributed by atoms with Crippen molar-refractivity contribution in [2.45, 2.75) is 48.9 Å². The lowest BCUT2D eigenvalue weighted by Crippen LogP contribution is -2.31. The minimum atomic E-state index is -4.69. The summed E-state index contributed by atoms with van der Waals surface area (Å²) in [6.07, 6.45) is -4.69. The number of alkyl halides is 3. The van der Waals surface area contributed by atoms with Crippen molar-refractivity contribution in [3.63, 3.8) is 0 Å². The van der Waals surface area contributed by atoms with E-state index in [0.29, 0.717) is 16.1 Å². The lowest BCUT2D eigenvalue weighted by Gasteiger charge is -2.19. The lowest BCUT2D eigenvalue weighted by molar-refractivity contribution is -0.153. The van der Waals surface area contributed by atoms with Crippen LogP contribution < -0.4 is 5.32 Å². The highest BCUT2D eigenvalue weighted by atomic mass is 79.9. The van der Waals surface area contributed by atoms with Gasteiger partial charge in [-0.05, 0) is 62.7 Å². The van der Waals surface area contributed by atoms with E-state index < -0.39 is 38.0 Å². The zero-order valence-corrected chi connectivity index (χ0v) is 20.8. The molecule has 11 heteroatoms. The van der Waals surface area contributed by atoms with Crippen LogP contribution in [0, 0.1) is 0 Å². The van der Waals surface area contributed by atoms with Crippen LogP contribution in [0.1, 0.15) is 31.9 Å². The quantitative estimate of drug-likeness (QED) is 0.453. The summed E-state index contributed by atoms with van der Waals surface area (Å²) in [5, 5.41) is 2.86. The monoisotopic (exact) mass is 585 g/mol. The summed E-state index contributed by atoms with van der Waals surface area (Å²) in [6.45, 7) is 5.27. The van der Waals surface area contributed by atoms with Gasteiger partial charge in [-0.25, -0.2) is 8.42 Å². The van der Waals surface area contributed by atoms with Crippen LogP contribution in [0.25, 0.3) is 0 Å². The van der Waals surface area contributed by atoms with Gasteiger partial charge in [0.25, 0.3) is 0 Å². The van der Waals surface area contributed by atoms with E-state index in [4.69, 9.17) is 4.74 Å². The molecule has 0 radical (unpaired) electrons. The van der Waals surface area contributed by atoms with Crippen molar-refractivity contribution in [3.05, 3.63) is 56.5 Å². The molecule has 0 atom stereocenters. The summed E-state index contributed by atoms with van der Waals surface area (Å²) in [6, 6.07) is 6.82. The van der Waals surface area contributed by atoms with E-state index in [0.717, 1.165) is 12.1 Å². The topological polar surface area (TPSA) is 72.5 Å². The van der Waals surface area contributed by atoms with Crippen LogP contribution in [-0.2, 0) is 32.1 Å². The third-order valence-corrected chi connectivity index (χ3v) is 6.40. The number of hydrogen-bond donors (Lipinski definition) is 1. The number of carbonyl (C=O) groups excluding carboxylic acids is 1. The maximum Gasteiger partial charge on any atom is 0.416 e. The van der Waals surface area contributed by atoms with Gasteiger partial charge < -0.3 is 10.1 Å². The Balaban J connectivity index is 2.28. The third kappa shape index (κ3) is 7.58. The average molecular weight is 587 g/mol. The number of ether oxygens (including phenoxy) is 1. The van der Waals surface area contributed by atoms with Crippen molar-refractivity contribution in [2.75, 3.05) is 6.54 Å². The molecule has 0 saturated heterocycles.